The normalized spacial score (nSPS) is 25.6. The molecule has 71 valence electrons. The Labute approximate surface area is 74.5 Å². The molecule has 0 aromatic rings. The van der Waals surface area contributed by atoms with Crippen molar-refractivity contribution in [3.63, 3.8) is 0 Å². The van der Waals surface area contributed by atoms with Crippen LogP contribution < -0.4 is 5.32 Å². The van der Waals surface area contributed by atoms with Gasteiger partial charge in [-0.15, -0.1) is 0 Å². The Morgan fingerprint density at radius 2 is 2.17 bits per heavy atom. The summed E-state index contributed by atoms with van der Waals surface area (Å²) < 4.78 is 23.0. The fraction of sp³-hybridized carbons (Fsp3) is 1.00. The van der Waals surface area contributed by atoms with Gasteiger partial charge in [0.1, 0.15) is 5.37 Å². The van der Waals surface area contributed by atoms with Crippen molar-refractivity contribution in [2.75, 3.05) is 12.3 Å². The molecule has 1 aliphatic heterocycles. The van der Waals surface area contributed by atoms with E-state index in [0.29, 0.717) is 12.2 Å². The predicted molar refractivity (Wildman–Crippen MR) is 48.7 cm³/mol. The molecule has 0 aromatic carbocycles. The monoisotopic (exact) mass is 190 g/mol. The van der Waals surface area contributed by atoms with E-state index in [4.69, 9.17) is 0 Å². The Balaban J connectivity index is 2.54. The highest BCUT2D eigenvalue weighted by molar-refractivity contribution is 7.91. The largest absolute Gasteiger partial charge is 0.227 e. The summed E-state index contributed by atoms with van der Waals surface area (Å²) in [5, 5.41) is 3.75. The van der Waals surface area contributed by atoms with Gasteiger partial charge in [-0.1, -0.05) is 6.92 Å². The Morgan fingerprint density at radius 1 is 1.42 bits per heavy atom. The number of piperidine rings is 1. The molecular weight excluding hydrogens is 174 g/mol. The summed E-state index contributed by atoms with van der Waals surface area (Å²) >= 11 is 0. The molecule has 12 heavy (non-hydrogen) atoms. The van der Waals surface area contributed by atoms with Crippen LogP contribution in [0.2, 0.25) is 0 Å². The summed E-state index contributed by atoms with van der Waals surface area (Å²) in [4.78, 5) is 0. The van der Waals surface area contributed by atoms with Crippen LogP contribution in [0, 0.1) is 0 Å². The number of hydrogen-bond acceptors (Lipinski definition) is 2. The number of nitrogens with zero attached hydrogens (tertiary/aromatic N) is 1. The van der Waals surface area contributed by atoms with Crippen molar-refractivity contribution < 1.29 is 8.42 Å². The van der Waals surface area contributed by atoms with Crippen molar-refractivity contribution in [2.45, 2.75) is 38.0 Å². The molecule has 1 saturated heterocycles. The molecule has 3 nitrogen and oxygen atoms in total. The predicted octanol–water partition coefficient (Wildman–Crippen LogP) is 0.926. The van der Waals surface area contributed by atoms with Gasteiger partial charge in [0.25, 0.3) is 0 Å². The third kappa shape index (κ3) is 2.45. The van der Waals surface area contributed by atoms with Gasteiger partial charge in [0, 0.05) is 6.54 Å². The lowest BCUT2D eigenvalue weighted by Gasteiger charge is -2.21. The Hall–Kier alpha value is -0.0900. The van der Waals surface area contributed by atoms with Crippen LogP contribution in [0.25, 0.3) is 0 Å². The zero-order valence-electron chi connectivity index (χ0n) is 7.49. The molecule has 1 radical (unpaired) electrons. The quantitative estimate of drug-likeness (QED) is 0.664. The lowest BCUT2D eigenvalue weighted by atomic mass is 10.2. The first-order valence-electron chi connectivity index (χ1n) is 4.55. The Morgan fingerprint density at radius 3 is 2.67 bits per heavy atom. The van der Waals surface area contributed by atoms with E-state index in [1.165, 1.54) is 0 Å². The first kappa shape index (κ1) is 9.99. The molecule has 1 fully saturated rings. The van der Waals surface area contributed by atoms with Crippen LogP contribution in [0.15, 0.2) is 0 Å². The van der Waals surface area contributed by atoms with Gasteiger partial charge in [0.05, 0.1) is 5.75 Å². The second-order valence-corrected chi connectivity index (χ2v) is 5.50. The molecule has 0 saturated carbocycles. The highest BCUT2D eigenvalue weighted by Crippen LogP contribution is 2.15. The first-order valence-corrected chi connectivity index (χ1v) is 6.26. The number of hydrogen-bond donors (Lipinski definition) is 0. The maximum Gasteiger partial charge on any atom is 0.167 e. The van der Waals surface area contributed by atoms with E-state index < -0.39 is 9.84 Å². The van der Waals surface area contributed by atoms with Gasteiger partial charge in [0.2, 0.25) is 0 Å². The second-order valence-electron chi connectivity index (χ2n) is 3.22. The minimum atomic E-state index is -2.90. The van der Waals surface area contributed by atoms with Gasteiger partial charge < -0.3 is 0 Å². The molecule has 1 unspecified atom stereocenters. The first-order chi connectivity index (χ1) is 5.67. The van der Waals surface area contributed by atoms with Gasteiger partial charge in [-0.3, -0.25) is 0 Å². The van der Waals surface area contributed by atoms with E-state index in [0.717, 1.165) is 25.8 Å². The third-order valence-corrected chi connectivity index (χ3v) is 4.29. The van der Waals surface area contributed by atoms with Crippen LogP contribution in [0.3, 0.4) is 0 Å². The van der Waals surface area contributed by atoms with Crippen LogP contribution in [-0.4, -0.2) is 26.1 Å². The van der Waals surface area contributed by atoms with Crippen LogP contribution in [0.1, 0.15) is 32.6 Å². The van der Waals surface area contributed by atoms with Gasteiger partial charge in [-0.2, -0.15) is 0 Å². The topological polar surface area (TPSA) is 48.2 Å². The minimum absolute atomic E-state index is 0.293. The average Bonchev–Trinajstić information content (AvgIpc) is 2.06. The molecule has 0 aliphatic carbocycles. The van der Waals surface area contributed by atoms with E-state index >= 15 is 0 Å². The molecule has 0 aromatic heterocycles. The van der Waals surface area contributed by atoms with Crippen LogP contribution in [-0.2, 0) is 9.84 Å². The summed E-state index contributed by atoms with van der Waals surface area (Å²) in [5.74, 6) is 0.293. The Kier molecular flexibility index (Phi) is 3.53. The molecule has 0 bridgehead atoms. The summed E-state index contributed by atoms with van der Waals surface area (Å²) in [6.45, 7) is 2.62. The Bertz CT molecular complexity index is 217. The van der Waals surface area contributed by atoms with E-state index in [1.54, 1.807) is 0 Å². The standard InChI is InChI=1S/C8H16NO2S/c1-2-7-12(10,11)8-5-3-4-6-9-8/h8H,2-7H2,1H3. The molecule has 1 heterocycles. The summed E-state index contributed by atoms with van der Waals surface area (Å²) in [5.41, 5.74) is 0. The zero-order chi connectivity index (χ0) is 9.03. The van der Waals surface area contributed by atoms with Crippen molar-refractivity contribution in [3.8, 4) is 0 Å². The van der Waals surface area contributed by atoms with Crippen molar-refractivity contribution in [2.24, 2.45) is 0 Å². The van der Waals surface area contributed by atoms with E-state index in [2.05, 4.69) is 5.32 Å². The molecule has 0 N–H and O–H groups in total. The second kappa shape index (κ2) is 4.23. The average molecular weight is 190 g/mol. The molecule has 0 amide bonds. The number of rotatable bonds is 3. The zero-order valence-corrected chi connectivity index (χ0v) is 8.31. The van der Waals surface area contributed by atoms with Crippen LogP contribution in [0.5, 0.6) is 0 Å². The lowest BCUT2D eigenvalue weighted by molar-refractivity contribution is 0.453. The van der Waals surface area contributed by atoms with Gasteiger partial charge >= 0.3 is 0 Å². The fourth-order valence-corrected chi connectivity index (χ4v) is 3.17. The van der Waals surface area contributed by atoms with Crippen molar-refractivity contribution >= 4 is 9.84 Å². The van der Waals surface area contributed by atoms with E-state index in [1.807, 2.05) is 6.92 Å². The van der Waals surface area contributed by atoms with E-state index in [-0.39, 0.29) is 5.37 Å². The summed E-state index contributed by atoms with van der Waals surface area (Å²) in [7, 11) is -2.90. The smallest absolute Gasteiger partial charge is 0.167 e. The molecule has 1 rings (SSSR count). The lowest BCUT2D eigenvalue weighted by Crippen LogP contribution is -2.36. The highest BCUT2D eigenvalue weighted by Gasteiger charge is 2.26. The fourth-order valence-electron chi connectivity index (χ4n) is 1.47. The van der Waals surface area contributed by atoms with Crippen LogP contribution >= 0.6 is 0 Å². The van der Waals surface area contributed by atoms with Crippen LogP contribution in [0.4, 0.5) is 0 Å². The SMILES string of the molecule is CCCS(=O)(=O)C1CCCC[N]1. The molecular formula is C8H16NO2S. The maximum absolute atomic E-state index is 11.5. The minimum Gasteiger partial charge on any atom is -0.227 e. The van der Waals surface area contributed by atoms with E-state index in [9.17, 15) is 8.42 Å². The third-order valence-electron chi connectivity index (χ3n) is 2.10. The highest BCUT2D eigenvalue weighted by atomic mass is 32.2. The maximum atomic E-state index is 11.5. The van der Waals surface area contributed by atoms with Gasteiger partial charge in [-0.05, 0) is 25.7 Å². The van der Waals surface area contributed by atoms with Gasteiger partial charge in [-0.25, -0.2) is 13.7 Å². The molecule has 0 spiro atoms. The summed E-state index contributed by atoms with van der Waals surface area (Å²) in [6.07, 6.45) is 3.51. The molecule has 1 aliphatic rings. The van der Waals surface area contributed by atoms with Crippen molar-refractivity contribution in [1.82, 2.24) is 5.32 Å². The van der Waals surface area contributed by atoms with Gasteiger partial charge in [0.15, 0.2) is 9.84 Å². The molecule has 1 atom stereocenters. The summed E-state index contributed by atoms with van der Waals surface area (Å²) in [6, 6.07) is 0. The number of sulfone groups is 1. The van der Waals surface area contributed by atoms with Crippen molar-refractivity contribution in [1.29, 1.82) is 0 Å². The van der Waals surface area contributed by atoms with Crippen molar-refractivity contribution in [3.05, 3.63) is 0 Å². The molecule has 4 heteroatoms.